The number of Topliss-reactive ketones (excluding diaryl/α,β-unsaturated/α-hetero) is 1. The van der Waals surface area contributed by atoms with Crippen molar-refractivity contribution in [2.24, 2.45) is 0 Å². The molecule has 3 nitrogen and oxygen atoms in total. The minimum Gasteiger partial charge on any atom is -0.497 e. The normalized spacial score (nSPS) is 19.7. The van der Waals surface area contributed by atoms with E-state index >= 15 is 0 Å². The number of ketones is 1. The topological polar surface area (TPSA) is 35.5 Å². The summed E-state index contributed by atoms with van der Waals surface area (Å²) in [4.78, 5) is 11.9. The van der Waals surface area contributed by atoms with E-state index < -0.39 is 0 Å². The number of ether oxygens (including phenoxy) is 2. The van der Waals surface area contributed by atoms with Crippen LogP contribution in [0.15, 0.2) is 24.3 Å². The number of carbonyl (C=O) groups is 1. The van der Waals surface area contributed by atoms with Crippen molar-refractivity contribution in [1.29, 1.82) is 0 Å². The van der Waals surface area contributed by atoms with Gasteiger partial charge in [-0.15, -0.1) is 0 Å². The van der Waals surface area contributed by atoms with Crippen molar-refractivity contribution in [1.82, 2.24) is 0 Å². The molecular weight excluding hydrogens is 204 g/mol. The summed E-state index contributed by atoms with van der Waals surface area (Å²) in [5.74, 6) is 0.851. The van der Waals surface area contributed by atoms with E-state index in [4.69, 9.17) is 9.47 Å². The Morgan fingerprint density at radius 2 is 2.44 bits per heavy atom. The Labute approximate surface area is 95.4 Å². The Morgan fingerprint density at radius 1 is 1.56 bits per heavy atom. The molecule has 1 fully saturated rings. The zero-order valence-electron chi connectivity index (χ0n) is 9.44. The second-order valence-corrected chi connectivity index (χ2v) is 3.99. The average Bonchev–Trinajstić information content (AvgIpc) is 2.82. The summed E-state index contributed by atoms with van der Waals surface area (Å²) < 4.78 is 10.5. The van der Waals surface area contributed by atoms with Gasteiger partial charge in [-0.1, -0.05) is 12.1 Å². The second kappa shape index (κ2) is 5.12. The van der Waals surface area contributed by atoms with Crippen LogP contribution in [0.2, 0.25) is 0 Å². The minimum absolute atomic E-state index is 0.110. The monoisotopic (exact) mass is 220 g/mol. The predicted octanol–water partition coefficient (Wildman–Crippen LogP) is 2.45. The Balaban J connectivity index is 2.01. The fraction of sp³-hybridized carbons (Fsp3) is 0.462. The highest BCUT2D eigenvalue weighted by atomic mass is 16.5. The molecule has 0 saturated carbocycles. The maximum absolute atomic E-state index is 11.9. The zero-order chi connectivity index (χ0) is 11.4. The predicted molar refractivity (Wildman–Crippen MR) is 60.9 cm³/mol. The van der Waals surface area contributed by atoms with Gasteiger partial charge >= 0.3 is 0 Å². The van der Waals surface area contributed by atoms with Crippen LogP contribution in [0.4, 0.5) is 0 Å². The van der Waals surface area contributed by atoms with Gasteiger partial charge in [0.15, 0.2) is 5.78 Å². The van der Waals surface area contributed by atoms with E-state index in [0.717, 1.165) is 25.2 Å². The fourth-order valence-corrected chi connectivity index (χ4v) is 1.93. The van der Waals surface area contributed by atoms with Gasteiger partial charge in [-0.25, -0.2) is 0 Å². The van der Waals surface area contributed by atoms with E-state index in [1.54, 1.807) is 13.2 Å². The quantitative estimate of drug-likeness (QED) is 0.731. The van der Waals surface area contributed by atoms with Crippen LogP contribution >= 0.6 is 0 Å². The van der Waals surface area contributed by atoms with Gasteiger partial charge in [0.25, 0.3) is 0 Å². The van der Waals surface area contributed by atoms with Crippen molar-refractivity contribution < 1.29 is 14.3 Å². The number of hydrogen-bond donors (Lipinski definition) is 0. The van der Waals surface area contributed by atoms with E-state index in [9.17, 15) is 4.79 Å². The number of carbonyl (C=O) groups excluding carboxylic acids is 1. The van der Waals surface area contributed by atoms with Gasteiger partial charge in [-0.2, -0.15) is 0 Å². The van der Waals surface area contributed by atoms with Crippen molar-refractivity contribution in [2.75, 3.05) is 13.7 Å². The molecule has 0 bridgehead atoms. The zero-order valence-corrected chi connectivity index (χ0v) is 9.44. The minimum atomic E-state index is 0.110. The van der Waals surface area contributed by atoms with Crippen molar-refractivity contribution in [2.45, 2.75) is 25.4 Å². The molecule has 0 radical (unpaired) electrons. The molecule has 16 heavy (non-hydrogen) atoms. The van der Waals surface area contributed by atoms with Crippen LogP contribution < -0.4 is 4.74 Å². The Bertz CT molecular complexity index is 367. The maximum atomic E-state index is 11.9. The average molecular weight is 220 g/mol. The van der Waals surface area contributed by atoms with Crippen LogP contribution in [0, 0.1) is 0 Å². The largest absolute Gasteiger partial charge is 0.497 e. The van der Waals surface area contributed by atoms with Crippen LogP contribution in [0.1, 0.15) is 29.6 Å². The van der Waals surface area contributed by atoms with Gasteiger partial charge in [-0.3, -0.25) is 4.79 Å². The molecule has 3 heteroatoms. The molecule has 1 aliphatic heterocycles. The summed E-state index contributed by atoms with van der Waals surface area (Å²) in [6.45, 7) is 0.788. The summed E-state index contributed by atoms with van der Waals surface area (Å²) in [6.07, 6.45) is 2.65. The Kier molecular flexibility index (Phi) is 3.57. The molecule has 1 atom stereocenters. The molecule has 1 aromatic carbocycles. The van der Waals surface area contributed by atoms with Crippen molar-refractivity contribution in [3.05, 3.63) is 29.8 Å². The first-order valence-corrected chi connectivity index (χ1v) is 5.58. The van der Waals surface area contributed by atoms with Crippen LogP contribution in [0.25, 0.3) is 0 Å². The lowest BCUT2D eigenvalue weighted by Gasteiger charge is -2.08. The van der Waals surface area contributed by atoms with Crippen molar-refractivity contribution in [3.63, 3.8) is 0 Å². The molecule has 0 aliphatic carbocycles. The number of rotatable bonds is 4. The summed E-state index contributed by atoms with van der Waals surface area (Å²) in [6, 6.07) is 7.27. The molecule has 86 valence electrons. The number of benzene rings is 1. The highest BCUT2D eigenvalue weighted by Gasteiger charge is 2.19. The SMILES string of the molecule is COc1cccc(C(=O)CC2CCCO2)c1. The third-order valence-electron chi connectivity index (χ3n) is 2.83. The van der Waals surface area contributed by atoms with E-state index in [-0.39, 0.29) is 11.9 Å². The van der Waals surface area contributed by atoms with Crippen molar-refractivity contribution in [3.8, 4) is 5.75 Å². The molecule has 0 amide bonds. The molecule has 1 unspecified atom stereocenters. The van der Waals surface area contributed by atoms with Gasteiger partial charge in [0.05, 0.1) is 13.2 Å². The summed E-state index contributed by atoms with van der Waals surface area (Å²) >= 11 is 0. The van der Waals surface area contributed by atoms with Crippen LogP contribution in [0.3, 0.4) is 0 Å². The van der Waals surface area contributed by atoms with E-state index in [0.29, 0.717) is 12.0 Å². The van der Waals surface area contributed by atoms with Crippen molar-refractivity contribution >= 4 is 5.78 Å². The van der Waals surface area contributed by atoms with E-state index in [1.807, 2.05) is 18.2 Å². The highest BCUT2D eigenvalue weighted by molar-refractivity contribution is 5.96. The summed E-state index contributed by atoms with van der Waals surface area (Å²) in [5, 5.41) is 0. The highest BCUT2D eigenvalue weighted by Crippen LogP contribution is 2.19. The summed E-state index contributed by atoms with van der Waals surface area (Å²) in [5.41, 5.74) is 0.704. The Hall–Kier alpha value is -1.35. The lowest BCUT2D eigenvalue weighted by molar-refractivity contribution is 0.0775. The Morgan fingerprint density at radius 3 is 3.12 bits per heavy atom. The standard InChI is InChI=1S/C13H16O3/c1-15-11-5-2-4-10(8-11)13(14)9-12-6-3-7-16-12/h2,4-5,8,12H,3,6-7,9H2,1H3. The molecule has 0 N–H and O–H groups in total. The molecule has 0 aromatic heterocycles. The smallest absolute Gasteiger partial charge is 0.165 e. The van der Waals surface area contributed by atoms with Gasteiger partial charge in [0, 0.05) is 18.6 Å². The summed E-state index contributed by atoms with van der Waals surface area (Å²) in [7, 11) is 1.60. The fourth-order valence-electron chi connectivity index (χ4n) is 1.93. The molecule has 2 rings (SSSR count). The number of methoxy groups -OCH3 is 1. The maximum Gasteiger partial charge on any atom is 0.165 e. The van der Waals surface area contributed by atoms with Crippen LogP contribution in [0.5, 0.6) is 5.75 Å². The van der Waals surface area contributed by atoms with Gasteiger partial charge in [0.2, 0.25) is 0 Å². The third kappa shape index (κ3) is 2.61. The first-order valence-electron chi connectivity index (χ1n) is 5.58. The van der Waals surface area contributed by atoms with E-state index in [1.165, 1.54) is 0 Å². The lowest BCUT2D eigenvalue weighted by atomic mass is 10.0. The first kappa shape index (κ1) is 11.1. The van der Waals surface area contributed by atoms with Crippen LogP contribution in [-0.4, -0.2) is 25.6 Å². The van der Waals surface area contributed by atoms with Gasteiger partial charge < -0.3 is 9.47 Å². The molecule has 1 saturated heterocycles. The van der Waals surface area contributed by atoms with Crippen LogP contribution in [-0.2, 0) is 4.74 Å². The molecule has 1 aliphatic rings. The van der Waals surface area contributed by atoms with Gasteiger partial charge in [0.1, 0.15) is 5.75 Å². The molecule has 1 aromatic rings. The molecule has 0 spiro atoms. The lowest BCUT2D eigenvalue weighted by Crippen LogP contribution is -2.12. The third-order valence-corrected chi connectivity index (χ3v) is 2.83. The molecular formula is C13H16O3. The molecule has 1 heterocycles. The van der Waals surface area contributed by atoms with E-state index in [2.05, 4.69) is 0 Å². The van der Waals surface area contributed by atoms with Gasteiger partial charge in [-0.05, 0) is 25.0 Å². The number of hydrogen-bond acceptors (Lipinski definition) is 3. The second-order valence-electron chi connectivity index (χ2n) is 3.99. The first-order chi connectivity index (χ1) is 7.79.